The molecular weight excluding hydrogens is 300 g/mol. The smallest absolute Gasteiger partial charge is 0.184 e. The summed E-state index contributed by atoms with van der Waals surface area (Å²) in [6.45, 7) is 5.87. The Morgan fingerprint density at radius 2 is 1.96 bits per heavy atom. The molecule has 3 radical (unpaired) electrons. The van der Waals surface area contributed by atoms with E-state index in [0.29, 0.717) is 26.4 Å². The van der Waals surface area contributed by atoms with Gasteiger partial charge in [0, 0.05) is 31.6 Å². The summed E-state index contributed by atoms with van der Waals surface area (Å²) in [4.78, 5) is 1.94. The van der Waals surface area contributed by atoms with E-state index in [1.807, 2.05) is 47.3 Å². The van der Waals surface area contributed by atoms with Crippen LogP contribution in [0.4, 0.5) is 5.69 Å². The van der Waals surface area contributed by atoms with Crippen molar-refractivity contribution in [1.29, 1.82) is 0 Å². The Balaban J connectivity index is 1.81. The standard InChI is InChI=1S/C18H18B2NO3/c1-2-9-22-16-6-4-3-5-14(16)13-21(20-19)15-7-8-17-18(12-15)24-11-10-23-17/h2-8,12H,1,9-11,13H2. The van der Waals surface area contributed by atoms with Crippen molar-refractivity contribution in [2.45, 2.75) is 6.54 Å². The number of benzene rings is 2. The Morgan fingerprint density at radius 1 is 1.17 bits per heavy atom. The van der Waals surface area contributed by atoms with E-state index >= 15 is 0 Å². The molecular formula is C18H18B2NO3. The Hall–Kier alpha value is -2.49. The first-order valence-electron chi connectivity index (χ1n) is 7.85. The molecule has 0 aromatic heterocycles. The fraction of sp³-hybridized carbons (Fsp3) is 0.222. The van der Waals surface area contributed by atoms with E-state index < -0.39 is 0 Å². The minimum Gasteiger partial charge on any atom is -0.489 e. The average molecular weight is 318 g/mol. The van der Waals surface area contributed by atoms with Crippen LogP contribution in [0.2, 0.25) is 0 Å². The number of hydrogen-bond acceptors (Lipinski definition) is 4. The SMILES string of the molecule is [B][B]N(Cc1ccccc1OCC=C)c1ccc2c(c1)OCCO2. The fourth-order valence-corrected chi connectivity index (χ4v) is 2.55. The van der Waals surface area contributed by atoms with Crippen LogP contribution < -0.4 is 19.0 Å². The zero-order valence-electron chi connectivity index (χ0n) is 13.5. The van der Waals surface area contributed by atoms with E-state index in [0.717, 1.165) is 28.5 Å². The molecule has 0 spiro atoms. The predicted molar refractivity (Wildman–Crippen MR) is 97.3 cm³/mol. The van der Waals surface area contributed by atoms with Gasteiger partial charge >= 0.3 is 0 Å². The van der Waals surface area contributed by atoms with Gasteiger partial charge in [-0.05, 0) is 18.2 Å². The van der Waals surface area contributed by atoms with Crippen LogP contribution in [0.3, 0.4) is 0 Å². The fourth-order valence-electron chi connectivity index (χ4n) is 2.55. The summed E-state index contributed by atoms with van der Waals surface area (Å²) in [5, 5.41) is 0. The zero-order chi connectivity index (χ0) is 16.8. The van der Waals surface area contributed by atoms with Crippen molar-refractivity contribution in [2.75, 3.05) is 24.6 Å². The van der Waals surface area contributed by atoms with Gasteiger partial charge in [-0.25, -0.2) is 0 Å². The van der Waals surface area contributed by atoms with Gasteiger partial charge in [0.2, 0.25) is 0 Å². The summed E-state index contributed by atoms with van der Waals surface area (Å²) >= 11 is 0. The summed E-state index contributed by atoms with van der Waals surface area (Å²) in [5.41, 5.74) is 1.97. The molecule has 1 aliphatic rings. The van der Waals surface area contributed by atoms with Crippen molar-refractivity contribution in [3.8, 4) is 17.2 Å². The zero-order valence-corrected chi connectivity index (χ0v) is 13.5. The van der Waals surface area contributed by atoms with Gasteiger partial charge in [0.05, 0.1) is 0 Å². The Labute approximate surface area is 144 Å². The van der Waals surface area contributed by atoms with Crippen LogP contribution in [0.25, 0.3) is 0 Å². The summed E-state index contributed by atoms with van der Waals surface area (Å²) in [6, 6.07) is 13.7. The Bertz CT molecular complexity index is 708. The summed E-state index contributed by atoms with van der Waals surface area (Å²) in [5.74, 6) is 2.32. The predicted octanol–water partition coefficient (Wildman–Crippen LogP) is 2.73. The van der Waals surface area contributed by atoms with Crippen LogP contribution >= 0.6 is 0 Å². The first kappa shape index (κ1) is 16.4. The molecule has 2 aromatic carbocycles. The van der Waals surface area contributed by atoms with Crippen LogP contribution in [0.15, 0.2) is 55.1 Å². The molecule has 24 heavy (non-hydrogen) atoms. The number of ether oxygens (including phenoxy) is 3. The van der Waals surface area contributed by atoms with Gasteiger partial charge < -0.3 is 19.0 Å². The average Bonchev–Trinajstić information content (AvgIpc) is 2.64. The van der Waals surface area contributed by atoms with Gasteiger partial charge in [0.15, 0.2) is 18.8 Å². The molecule has 0 atom stereocenters. The Kier molecular flexibility index (Phi) is 5.36. The molecule has 6 heteroatoms. The number of rotatable bonds is 7. The quantitative estimate of drug-likeness (QED) is 0.580. The van der Waals surface area contributed by atoms with E-state index in [-0.39, 0.29) is 0 Å². The van der Waals surface area contributed by atoms with Crippen LogP contribution in [0.1, 0.15) is 5.56 Å². The van der Waals surface area contributed by atoms with Gasteiger partial charge in [-0.15, -0.1) is 0 Å². The molecule has 0 N–H and O–H groups in total. The van der Waals surface area contributed by atoms with Crippen molar-refractivity contribution >= 4 is 20.7 Å². The number of fused-ring (bicyclic) bond motifs is 1. The molecule has 1 heterocycles. The summed E-state index contributed by atoms with van der Waals surface area (Å²) in [7, 11) is 7.40. The third kappa shape index (κ3) is 3.70. The first-order chi connectivity index (χ1) is 11.8. The van der Waals surface area contributed by atoms with Crippen LogP contribution in [-0.4, -0.2) is 34.9 Å². The molecule has 3 rings (SSSR count). The van der Waals surface area contributed by atoms with E-state index in [4.69, 9.17) is 21.9 Å². The number of hydrogen-bond donors (Lipinski definition) is 0. The normalized spacial score (nSPS) is 12.3. The van der Waals surface area contributed by atoms with Crippen LogP contribution in [-0.2, 0) is 6.54 Å². The molecule has 0 bridgehead atoms. The first-order valence-corrected chi connectivity index (χ1v) is 7.85. The second kappa shape index (κ2) is 7.86. The largest absolute Gasteiger partial charge is 0.489 e. The maximum absolute atomic E-state index is 5.85. The molecule has 0 saturated carbocycles. The topological polar surface area (TPSA) is 30.9 Å². The molecule has 2 aromatic rings. The number of anilines is 1. The lowest BCUT2D eigenvalue weighted by Crippen LogP contribution is -2.28. The molecule has 0 fully saturated rings. The minimum absolute atomic E-state index is 0.466. The maximum atomic E-state index is 5.85. The maximum Gasteiger partial charge on any atom is 0.184 e. The second-order valence-electron chi connectivity index (χ2n) is 5.31. The van der Waals surface area contributed by atoms with Crippen molar-refractivity contribution in [2.24, 2.45) is 0 Å². The second-order valence-corrected chi connectivity index (χ2v) is 5.31. The van der Waals surface area contributed by atoms with Gasteiger partial charge in [-0.3, -0.25) is 0 Å². The van der Waals surface area contributed by atoms with Crippen molar-refractivity contribution < 1.29 is 14.2 Å². The third-order valence-electron chi connectivity index (χ3n) is 3.71. The summed E-state index contributed by atoms with van der Waals surface area (Å²) < 4.78 is 16.9. The lowest BCUT2D eigenvalue weighted by molar-refractivity contribution is 0.171. The van der Waals surface area contributed by atoms with Gasteiger partial charge in [-0.1, -0.05) is 30.9 Å². The lowest BCUT2D eigenvalue weighted by Gasteiger charge is -2.27. The monoisotopic (exact) mass is 318 g/mol. The van der Waals surface area contributed by atoms with Gasteiger partial charge in [0.25, 0.3) is 0 Å². The van der Waals surface area contributed by atoms with Crippen LogP contribution in [0, 0.1) is 0 Å². The highest BCUT2D eigenvalue weighted by Gasteiger charge is 2.15. The minimum atomic E-state index is 0.466. The van der Waals surface area contributed by atoms with E-state index in [2.05, 4.69) is 6.58 Å². The molecule has 0 aliphatic carbocycles. The van der Waals surface area contributed by atoms with Crippen LogP contribution in [0.5, 0.6) is 17.2 Å². The van der Waals surface area contributed by atoms with Crippen molar-refractivity contribution in [3.63, 3.8) is 0 Å². The molecule has 0 saturated heterocycles. The van der Waals surface area contributed by atoms with Gasteiger partial charge in [-0.2, -0.15) is 0 Å². The molecule has 0 amide bonds. The number of para-hydroxylation sites is 1. The highest BCUT2D eigenvalue weighted by atomic mass is 16.6. The molecule has 0 unspecified atom stereocenters. The van der Waals surface area contributed by atoms with E-state index in [1.165, 1.54) is 0 Å². The lowest BCUT2D eigenvalue weighted by atomic mass is 9.64. The number of nitrogens with zero attached hydrogens (tertiary/aromatic N) is 1. The molecule has 119 valence electrons. The summed E-state index contributed by atoms with van der Waals surface area (Å²) in [6.07, 6.45) is 1.73. The molecule has 4 nitrogen and oxygen atoms in total. The van der Waals surface area contributed by atoms with Gasteiger partial charge in [0.1, 0.15) is 25.6 Å². The highest BCUT2D eigenvalue weighted by Crippen LogP contribution is 2.34. The third-order valence-corrected chi connectivity index (χ3v) is 3.71. The van der Waals surface area contributed by atoms with Crippen molar-refractivity contribution in [3.05, 3.63) is 60.7 Å². The van der Waals surface area contributed by atoms with Crippen molar-refractivity contribution in [1.82, 2.24) is 0 Å². The molecule has 1 aliphatic heterocycles. The Morgan fingerprint density at radius 3 is 2.75 bits per heavy atom. The highest BCUT2D eigenvalue weighted by molar-refractivity contribution is 6.91. The van der Waals surface area contributed by atoms with E-state index in [9.17, 15) is 0 Å². The van der Waals surface area contributed by atoms with E-state index in [1.54, 1.807) is 13.4 Å².